The molecular formula is C18H19N3O2S. The summed E-state index contributed by atoms with van der Waals surface area (Å²) in [7, 11) is 0. The average Bonchev–Trinajstić information content (AvgIpc) is 3.24. The standard InChI is InChI=1S/C18H19N3O2S/c22-17-19-20-18(21(17)11-15-8-4-10-23-15)24-12-14-7-3-6-13-5-1-2-9-16(13)14/h1-3,5-7,9,15H,4,8,10-12H2,(H,19,22)/t15-/m0/s1. The fraction of sp³-hybridized carbons (Fsp3) is 0.333. The van der Waals surface area contributed by atoms with Gasteiger partial charge in [0.2, 0.25) is 0 Å². The van der Waals surface area contributed by atoms with Gasteiger partial charge in [0.1, 0.15) is 0 Å². The number of ether oxygens (including phenoxy) is 1. The van der Waals surface area contributed by atoms with Crippen LogP contribution in [-0.2, 0) is 17.0 Å². The molecule has 1 atom stereocenters. The lowest BCUT2D eigenvalue weighted by atomic mass is 10.1. The summed E-state index contributed by atoms with van der Waals surface area (Å²) in [6.07, 6.45) is 2.19. The van der Waals surface area contributed by atoms with E-state index in [-0.39, 0.29) is 11.8 Å². The quantitative estimate of drug-likeness (QED) is 0.724. The van der Waals surface area contributed by atoms with Gasteiger partial charge in [0.25, 0.3) is 0 Å². The number of nitrogens with zero attached hydrogens (tertiary/aromatic N) is 2. The molecule has 4 rings (SSSR count). The topological polar surface area (TPSA) is 59.9 Å². The van der Waals surface area contributed by atoms with Crippen molar-refractivity contribution in [3.63, 3.8) is 0 Å². The predicted molar refractivity (Wildman–Crippen MR) is 95.3 cm³/mol. The molecule has 2 aromatic carbocycles. The monoisotopic (exact) mass is 341 g/mol. The van der Waals surface area contributed by atoms with Crippen LogP contribution in [0.5, 0.6) is 0 Å². The maximum atomic E-state index is 12.0. The van der Waals surface area contributed by atoms with Crippen LogP contribution in [0.15, 0.2) is 52.4 Å². The smallest absolute Gasteiger partial charge is 0.344 e. The number of aromatic amines is 1. The van der Waals surface area contributed by atoms with Crippen molar-refractivity contribution in [1.29, 1.82) is 0 Å². The summed E-state index contributed by atoms with van der Waals surface area (Å²) in [5.41, 5.74) is 1.09. The molecule has 0 amide bonds. The Morgan fingerprint density at radius 3 is 3.00 bits per heavy atom. The van der Waals surface area contributed by atoms with Crippen LogP contribution in [-0.4, -0.2) is 27.5 Å². The Morgan fingerprint density at radius 2 is 2.12 bits per heavy atom. The van der Waals surface area contributed by atoms with Crippen molar-refractivity contribution < 1.29 is 4.74 Å². The van der Waals surface area contributed by atoms with Gasteiger partial charge in [-0.3, -0.25) is 4.57 Å². The summed E-state index contributed by atoms with van der Waals surface area (Å²) in [5, 5.41) is 9.95. The van der Waals surface area contributed by atoms with Crippen molar-refractivity contribution in [2.45, 2.75) is 36.4 Å². The third-order valence-corrected chi connectivity index (χ3v) is 5.40. The van der Waals surface area contributed by atoms with Crippen molar-refractivity contribution in [3.8, 4) is 0 Å². The van der Waals surface area contributed by atoms with Gasteiger partial charge < -0.3 is 4.74 Å². The van der Waals surface area contributed by atoms with Gasteiger partial charge in [0.15, 0.2) is 5.16 Å². The van der Waals surface area contributed by atoms with E-state index in [1.54, 1.807) is 16.3 Å². The van der Waals surface area contributed by atoms with Gasteiger partial charge >= 0.3 is 5.69 Å². The van der Waals surface area contributed by atoms with Crippen molar-refractivity contribution >= 4 is 22.5 Å². The Hall–Kier alpha value is -2.05. The first-order chi connectivity index (χ1) is 11.8. The van der Waals surface area contributed by atoms with Gasteiger partial charge in [-0.25, -0.2) is 9.89 Å². The van der Waals surface area contributed by atoms with Crippen LogP contribution in [0.1, 0.15) is 18.4 Å². The van der Waals surface area contributed by atoms with Gasteiger partial charge in [0.05, 0.1) is 12.6 Å². The number of hydrogen-bond acceptors (Lipinski definition) is 4. The molecule has 1 aromatic heterocycles. The zero-order chi connectivity index (χ0) is 16.4. The van der Waals surface area contributed by atoms with Crippen LogP contribution < -0.4 is 5.69 Å². The van der Waals surface area contributed by atoms with Crippen molar-refractivity contribution in [2.75, 3.05) is 6.61 Å². The van der Waals surface area contributed by atoms with Crippen LogP contribution in [0.2, 0.25) is 0 Å². The highest BCUT2D eigenvalue weighted by Gasteiger charge is 2.19. The number of benzene rings is 2. The lowest BCUT2D eigenvalue weighted by Gasteiger charge is -2.11. The molecule has 0 bridgehead atoms. The minimum Gasteiger partial charge on any atom is -0.376 e. The maximum absolute atomic E-state index is 12.0. The predicted octanol–water partition coefficient (Wildman–Crippen LogP) is 3.20. The second-order valence-electron chi connectivity index (χ2n) is 5.98. The number of H-pyrrole nitrogens is 1. The summed E-state index contributed by atoms with van der Waals surface area (Å²) in [6, 6.07) is 14.7. The van der Waals surface area contributed by atoms with Crippen LogP contribution in [0.4, 0.5) is 0 Å². The first kappa shape index (κ1) is 15.5. The molecule has 1 fully saturated rings. The zero-order valence-electron chi connectivity index (χ0n) is 13.3. The molecule has 2 heterocycles. The molecule has 1 saturated heterocycles. The number of nitrogens with one attached hydrogen (secondary N) is 1. The number of fused-ring (bicyclic) bond motifs is 1. The molecule has 1 N–H and O–H groups in total. The molecule has 3 aromatic rings. The molecule has 0 aliphatic carbocycles. The highest BCUT2D eigenvalue weighted by Crippen LogP contribution is 2.26. The molecule has 1 aliphatic heterocycles. The molecule has 124 valence electrons. The third kappa shape index (κ3) is 3.12. The van der Waals surface area contributed by atoms with E-state index >= 15 is 0 Å². The van der Waals surface area contributed by atoms with E-state index in [0.717, 1.165) is 30.4 Å². The molecule has 6 heteroatoms. The summed E-state index contributed by atoms with van der Waals surface area (Å²) in [6.45, 7) is 1.36. The lowest BCUT2D eigenvalue weighted by molar-refractivity contribution is 0.0941. The van der Waals surface area contributed by atoms with Crippen LogP contribution in [0.25, 0.3) is 10.8 Å². The number of rotatable bonds is 5. The molecule has 0 radical (unpaired) electrons. The summed E-state index contributed by atoms with van der Waals surface area (Å²) >= 11 is 1.58. The largest absolute Gasteiger partial charge is 0.376 e. The van der Waals surface area contributed by atoms with Crippen molar-refractivity contribution in [3.05, 3.63) is 58.5 Å². The molecule has 0 spiro atoms. The number of thioether (sulfide) groups is 1. The highest BCUT2D eigenvalue weighted by atomic mass is 32.2. The first-order valence-corrected chi connectivity index (χ1v) is 9.16. The molecule has 5 nitrogen and oxygen atoms in total. The highest BCUT2D eigenvalue weighted by molar-refractivity contribution is 7.98. The van der Waals surface area contributed by atoms with Crippen LogP contribution in [0.3, 0.4) is 0 Å². The van der Waals surface area contributed by atoms with Gasteiger partial charge in [-0.05, 0) is 29.2 Å². The lowest BCUT2D eigenvalue weighted by Crippen LogP contribution is -2.24. The molecule has 0 unspecified atom stereocenters. The Morgan fingerprint density at radius 1 is 1.25 bits per heavy atom. The minimum atomic E-state index is -0.161. The summed E-state index contributed by atoms with van der Waals surface area (Å²) in [5.74, 6) is 0.775. The second kappa shape index (κ2) is 6.83. The van der Waals surface area contributed by atoms with Gasteiger partial charge in [-0.15, -0.1) is 5.10 Å². The van der Waals surface area contributed by atoms with Crippen LogP contribution in [0, 0.1) is 0 Å². The summed E-state index contributed by atoms with van der Waals surface area (Å²) < 4.78 is 7.35. The molecule has 0 saturated carbocycles. The van der Waals surface area contributed by atoms with E-state index in [0.29, 0.717) is 6.54 Å². The average molecular weight is 341 g/mol. The fourth-order valence-electron chi connectivity index (χ4n) is 3.13. The van der Waals surface area contributed by atoms with Gasteiger partial charge in [-0.2, -0.15) is 0 Å². The third-order valence-electron chi connectivity index (χ3n) is 4.37. The van der Waals surface area contributed by atoms with Crippen molar-refractivity contribution in [2.24, 2.45) is 0 Å². The Bertz CT molecular complexity index is 891. The fourth-order valence-corrected chi connectivity index (χ4v) is 4.09. The SMILES string of the molecule is O=c1[nH]nc(SCc2cccc3ccccc23)n1C[C@@H]1CCCO1. The second-order valence-corrected chi connectivity index (χ2v) is 6.93. The number of hydrogen-bond donors (Lipinski definition) is 1. The van der Waals surface area contributed by atoms with Gasteiger partial charge in [-0.1, -0.05) is 54.2 Å². The molecule has 24 heavy (non-hydrogen) atoms. The number of aromatic nitrogens is 3. The minimum absolute atomic E-state index is 0.122. The first-order valence-electron chi connectivity index (χ1n) is 8.17. The van der Waals surface area contributed by atoms with E-state index in [1.807, 2.05) is 6.07 Å². The van der Waals surface area contributed by atoms with E-state index in [1.165, 1.54) is 16.3 Å². The summed E-state index contributed by atoms with van der Waals surface area (Å²) in [4.78, 5) is 12.0. The molecule has 1 aliphatic rings. The van der Waals surface area contributed by atoms with Crippen LogP contribution >= 0.6 is 11.8 Å². The Labute approximate surface area is 144 Å². The maximum Gasteiger partial charge on any atom is 0.344 e. The Balaban J connectivity index is 1.54. The van der Waals surface area contributed by atoms with E-state index in [2.05, 4.69) is 46.6 Å². The van der Waals surface area contributed by atoms with Gasteiger partial charge in [0, 0.05) is 12.4 Å². The Kier molecular flexibility index (Phi) is 4.40. The van der Waals surface area contributed by atoms with E-state index < -0.39 is 0 Å². The van der Waals surface area contributed by atoms with E-state index in [4.69, 9.17) is 4.74 Å². The zero-order valence-corrected chi connectivity index (χ0v) is 14.1. The van der Waals surface area contributed by atoms with E-state index in [9.17, 15) is 4.79 Å². The normalized spacial score (nSPS) is 17.6. The molecular weight excluding hydrogens is 322 g/mol. The van der Waals surface area contributed by atoms with Crippen molar-refractivity contribution in [1.82, 2.24) is 14.8 Å².